The molecular weight excluding hydrogens is 456 g/mol. The standard InChI is InChI=1S/C22H14Cl2FN5O2/c23-13-8-6-12(7-9-13)16-11-17(19-14(24)3-1-4-15(19)25)30-22(26-16)28-21(29-30)27-20(31)18-5-2-10-32-18/h1-11,17H,(H2,26,27,28,29,31). The van der Waals surface area contributed by atoms with Gasteiger partial charge < -0.3 is 9.73 Å². The maximum absolute atomic E-state index is 14.8. The van der Waals surface area contributed by atoms with E-state index in [-0.39, 0.29) is 22.3 Å². The van der Waals surface area contributed by atoms with Crippen LogP contribution in [0.15, 0.2) is 71.4 Å². The number of hydrogen-bond acceptors (Lipinski definition) is 5. The van der Waals surface area contributed by atoms with E-state index in [1.807, 2.05) is 12.1 Å². The number of halogens is 3. The first-order valence-electron chi connectivity index (χ1n) is 9.49. The molecule has 2 aromatic carbocycles. The predicted molar refractivity (Wildman–Crippen MR) is 119 cm³/mol. The minimum atomic E-state index is -0.715. The fourth-order valence-corrected chi connectivity index (χ4v) is 3.81. The fourth-order valence-electron chi connectivity index (χ4n) is 3.41. The van der Waals surface area contributed by atoms with Crippen LogP contribution in [0.1, 0.15) is 27.7 Å². The summed E-state index contributed by atoms with van der Waals surface area (Å²) in [5, 5.41) is 10.9. The van der Waals surface area contributed by atoms with Crippen molar-refractivity contribution in [3.8, 4) is 0 Å². The Morgan fingerprint density at radius 3 is 2.66 bits per heavy atom. The number of hydrogen-bond donors (Lipinski definition) is 2. The summed E-state index contributed by atoms with van der Waals surface area (Å²) >= 11 is 12.4. The van der Waals surface area contributed by atoms with Crippen LogP contribution in [0, 0.1) is 5.82 Å². The van der Waals surface area contributed by atoms with Gasteiger partial charge in [-0.1, -0.05) is 41.4 Å². The highest BCUT2D eigenvalue weighted by molar-refractivity contribution is 6.31. The number of amides is 1. The number of aromatic nitrogens is 3. The van der Waals surface area contributed by atoms with E-state index in [2.05, 4.69) is 20.7 Å². The number of nitrogens with zero attached hydrogens (tertiary/aromatic N) is 3. The minimum absolute atomic E-state index is 0.0251. The van der Waals surface area contributed by atoms with Crippen LogP contribution in [0.3, 0.4) is 0 Å². The molecule has 10 heteroatoms. The number of rotatable bonds is 4. The molecule has 1 atom stereocenters. The molecule has 1 aliphatic rings. The summed E-state index contributed by atoms with van der Waals surface area (Å²) in [6.45, 7) is 0. The maximum atomic E-state index is 14.8. The van der Waals surface area contributed by atoms with Gasteiger partial charge in [0.1, 0.15) is 11.9 Å². The number of carbonyl (C=O) groups excluding carboxylic acids is 1. The molecule has 32 heavy (non-hydrogen) atoms. The lowest BCUT2D eigenvalue weighted by Gasteiger charge is -2.25. The Kier molecular flexibility index (Phi) is 5.16. The molecule has 1 aliphatic heterocycles. The Bertz CT molecular complexity index is 1310. The molecule has 5 rings (SSSR count). The molecular formula is C22H14Cl2FN5O2. The number of fused-ring (bicyclic) bond motifs is 1. The first-order chi connectivity index (χ1) is 15.5. The lowest BCUT2D eigenvalue weighted by atomic mass is 10.0. The van der Waals surface area contributed by atoms with Crippen LogP contribution in [0.25, 0.3) is 5.70 Å². The Morgan fingerprint density at radius 2 is 1.94 bits per heavy atom. The fraction of sp³-hybridized carbons (Fsp3) is 0.0455. The summed E-state index contributed by atoms with van der Waals surface area (Å²) in [5.41, 5.74) is 1.70. The maximum Gasteiger partial charge on any atom is 0.293 e. The molecule has 4 aromatic rings. The van der Waals surface area contributed by atoms with Crippen molar-refractivity contribution in [1.82, 2.24) is 14.8 Å². The van der Waals surface area contributed by atoms with Crippen molar-refractivity contribution in [1.29, 1.82) is 0 Å². The van der Waals surface area contributed by atoms with Gasteiger partial charge in [0, 0.05) is 21.3 Å². The highest BCUT2D eigenvalue weighted by Gasteiger charge is 2.29. The molecule has 2 N–H and O–H groups in total. The van der Waals surface area contributed by atoms with Crippen molar-refractivity contribution in [2.45, 2.75) is 6.04 Å². The molecule has 0 fully saturated rings. The number of carbonyl (C=O) groups is 1. The van der Waals surface area contributed by atoms with Crippen molar-refractivity contribution in [2.24, 2.45) is 0 Å². The molecule has 0 aliphatic carbocycles. The topological polar surface area (TPSA) is 85.0 Å². The average molecular weight is 470 g/mol. The molecule has 0 bridgehead atoms. The summed E-state index contributed by atoms with van der Waals surface area (Å²) < 4.78 is 21.4. The van der Waals surface area contributed by atoms with E-state index in [1.54, 1.807) is 30.3 Å². The largest absolute Gasteiger partial charge is 0.459 e. The van der Waals surface area contributed by atoms with Crippen LogP contribution in [-0.2, 0) is 0 Å². The molecule has 1 amide bonds. The van der Waals surface area contributed by atoms with Crippen LogP contribution in [-0.4, -0.2) is 20.7 Å². The van der Waals surface area contributed by atoms with Crippen molar-refractivity contribution in [3.05, 3.63) is 99.7 Å². The smallest absolute Gasteiger partial charge is 0.293 e. The van der Waals surface area contributed by atoms with Gasteiger partial charge in [0.15, 0.2) is 5.76 Å². The highest BCUT2D eigenvalue weighted by Crippen LogP contribution is 2.37. The summed E-state index contributed by atoms with van der Waals surface area (Å²) in [6.07, 6.45) is 3.17. The van der Waals surface area contributed by atoms with Gasteiger partial charge in [0.2, 0.25) is 5.95 Å². The summed E-state index contributed by atoms with van der Waals surface area (Å²) in [5.74, 6) is -0.559. The number of allylic oxidation sites excluding steroid dienone is 1. The van der Waals surface area contributed by atoms with Gasteiger partial charge in [0.25, 0.3) is 11.9 Å². The molecule has 7 nitrogen and oxygen atoms in total. The summed E-state index contributed by atoms with van der Waals surface area (Å²) in [4.78, 5) is 16.7. The van der Waals surface area contributed by atoms with Crippen LogP contribution in [0.2, 0.25) is 10.0 Å². The number of nitrogens with one attached hydrogen (secondary N) is 2. The zero-order valence-electron chi connectivity index (χ0n) is 16.2. The van der Waals surface area contributed by atoms with E-state index < -0.39 is 17.8 Å². The normalized spacial score (nSPS) is 15.0. The summed E-state index contributed by atoms with van der Waals surface area (Å²) in [6, 6.07) is 14.0. The zero-order chi connectivity index (χ0) is 22.2. The van der Waals surface area contributed by atoms with Gasteiger partial charge in [-0.3, -0.25) is 10.1 Å². The number of furan rings is 1. The van der Waals surface area contributed by atoms with Gasteiger partial charge in [-0.05, 0) is 48.0 Å². The van der Waals surface area contributed by atoms with E-state index in [1.165, 1.54) is 29.1 Å². The third kappa shape index (κ3) is 3.74. The van der Waals surface area contributed by atoms with Gasteiger partial charge in [0.05, 0.1) is 6.26 Å². The quantitative estimate of drug-likeness (QED) is 0.404. The molecule has 160 valence electrons. The van der Waals surface area contributed by atoms with E-state index in [4.69, 9.17) is 27.6 Å². The van der Waals surface area contributed by atoms with Gasteiger partial charge in [-0.15, -0.1) is 5.10 Å². The Balaban J connectivity index is 1.58. The Morgan fingerprint density at radius 1 is 1.12 bits per heavy atom. The molecule has 3 heterocycles. The van der Waals surface area contributed by atoms with Gasteiger partial charge in [-0.25, -0.2) is 9.07 Å². The number of anilines is 2. The molecule has 2 aromatic heterocycles. The van der Waals surface area contributed by atoms with E-state index >= 15 is 0 Å². The first kappa shape index (κ1) is 20.3. The first-order valence-corrected chi connectivity index (χ1v) is 10.3. The van der Waals surface area contributed by atoms with Gasteiger partial charge in [-0.2, -0.15) is 4.98 Å². The summed E-state index contributed by atoms with van der Waals surface area (Å²) in [7, 11) is 0. The Hall–Kier alpha value is -3.62. The molecule has 1 unspecified atom stereocenters. The zero-order valence-corrected chi connectivity index (χ0v) is 17.7. The second kappa shape index (κ2) is 8.14. The molecule has 0 spiro atoms. The molecule has 0 saturated carbocycles. The Labute approximate surface area is 191 Å². The van der Waals surface area contributed by atoms with Crippen molar-refractivity contribution in [2.75, 3.05) is 10.6 Å². The lowest BCUT2D eigenvalue weighted by molar-refractivity contribution is 0.0995. The van der Waals surface area contributed by atoms with Crippen molar-refractivity contribution in [3.63, 3.8) is 0 Å². The second-order valence-electron chi connectivity index (χ2n) is 6.93. The third-order valence-corrected chi connectivity index (χ3v) is 5.47. The van der Waals surface area contributed by atoms with E-state index in [0.29, 0.717) is 16.7 Å². The van der Waals surface area contributed by atoms with Crippen LogP contribution < -0.4 is 10.6 Å². The van der Waals surface area contributed by atoms with Crippen molar-refractivity contribution >= 4 is 46.7 Å². The monoisotopic (exact) mass is 469 g/mol. The SMILES string of the molecule is O=C(Nc1nc2n(n1)C(c1c(F)cccc1Cl)C=C(c1ccc(Cl)cc1)N2)c1ccco1. The van der Waals surface area contributed by atoms with Crippen LogP contribution >= 0.6 is 23.2 Å². The third-order valence-electron chi connectivity index (χ3n) is 4.89. The minimum Gasteiger partial charge on any atom is -0.459 e. The molecule has 0 radical (unpaired) electrons. The van der Waals surface area contributed by atoms with Crippen LogP contribution in [0.4, 0.5) is 16.3 Å². The highest BCUT2D eigenvalue weighted by atomic mass is 35.5. The second-order valence-corrected chi connectivity index (χ2v) is 7.77. The average Bonchev–Trinajstić information content (AvgIpc) is 3.44. The molecule has 0 saturated heterocycles. The lowest BCUT2D eigenvalue weighted by Crippen LogP contribution is -2.21. The van der Waals surface area contributed by atoms with Crippen LogP contribution in [0.5, 0.6) is 0 Å². The van der Waals surface area contributed by atoms with Crippen molar-refractivity contribution < 1.29 is 13.6 Å². The number of benzene rings is 2. The predicted octanol–water partition coefficient (Wildman–Crippen LogP) is 5.63. The van der Waals surface area contributed by atoms with E-state index in [0.717, 1.165) is 5.56 Å². The van der Waals surface area contributed by atoms with E-state index in [9.17, 15) is 9.18 Å². The van der Waals surface area contributed by atoms with Gasteiger partial charge >= 0.3 is 0 Å².